The lowest BCUT2D eigenvalue weighted by atomic mass is 10.2. The van der Waals surface area contributed by atoms with Crippen molar-refractivity contribution >= 4 is 44.6 Å². The second-order valence-corrected chi connectivity index (χ2v) is 7.34. The second kappa shape index (κ2) is 7.49. The molecule has 2 aromatic rings. The number of aromatic nitrogens is 1. The maximum absolute atomic E-state index is 11.8. The minimum absolute atomic E-state index is 0.0587. The Labute approximate surface area is 156 Å². The maximum Gasteiger partial charge on any atom is 0.357 e. The van der Waals surface area contributed by atoms with Crippen LogP contribution in [0.1, 0.15) is 41.3 Å². The van der Waals surface area contributed by atoms with Crippen molar-refractivity contribution < 1.29 is 14.5 Å². The minimum Gasteiger partial charge on any atom is -0.461 e. The SMILES string of the molecule is CCOC(=O)c1csc(C2CCCN2c2ccc(Br)cc2[N+](=O)[O-])n1. The van der Waals surface area contributed by atoms with E-state index in [1.807, 2.05) is 4.90 Å². The molecule has 0 bridgehead atoms. The van der Waals surface area contributed by atoms with Crippen LogP contribution in [-0.4, -0.2) is 29.0 Å². The van der Waals surface area contributed by atoms with Gasteiger partial charge in [0.1, 0.15) is 10.7 Å². The van der Waals surface area contributed by atoms with Crippen molar-refractivity contribution in [3.05, 3.63) is 48.9 Å². The number of carbonyl (C=O) groups excluding carboxylic acids is 1. The number of thiazole rings is 1. The Balaban J connectivity index is 1.92. The van der Waals surface area contributed by atoms with Gasteiger partial charge in [-0.3, -0.25) is 10.1 Å². The molecule has 3 rings (SSSR count). The highest BCUT2D eigenvalue weighted by Gasteiger charge is 2.33. The average molecular weight is 426 g/mol. The fourth-order valence-electron chi connectivity index (χ4n) is 2.94. The first-order chi connectivity index (χ1) is 12.0. The van der Waals surface area contributed by atoms with Crippen LogP contribution in [0.25, 0.3) is 0 Å². The Kier molecular flexibility index (Phi) is 5.33. The number of nitro benzene ring substituents is 1. The summed E-state index contributed by atoms with van der Waals surface area (Å²) in [5.74, 6) is -0.441. The zero-order valence-corrected chi connectivity index (χ0v) is 15.9. The van der Waals surface area contributed by atoms with Crippen LogP contribution in [0.2, 0.25) is 0 Å². The molecule has 0 saturated carbocycles. The summed E-state index contributed by atoms with van der Waals surface area (Å²) in [6.07, 6.45) is 1.75. The van der Waals surface area contributed by atoms with E-state index in [1.165, 1.54) is 17.4 Å². The van der Waals surface area contributed by atoms with Crippen LogP contribution in [0.15, 0.2) is 28.1 Å². The molecule has 25 heavy (non-hydrogen) atoms. The first kappa shape index (κ1) is 17.8. The number of halogens is 1. The zero-order valence-electron chi connectivity index (χ0n) is 13.5. The Morgan fingerprint density at radius 1 is 1.56 bits per heavy atom. The molecule has 1 aromatic heterocycles. The van der Waals surface area contributed by atoms with Crippen LogP contribution < -0.4 is 4.90 Å². The van der Waals surface area contributed by atoms with Gasteiger partial charge in [-0.05, 0) is 31.9 Å². The van der Waals surface area contributed by atoms with Gasteiger partial charge in [-0.1, -0.05) is 15.9 Å². The van der Waals surface area contributed by atoms with E-state index in [0.717, 1.165) is 17.8 Å². The number of rotatable bonds is 5. The lowest BCUT2D eigenvalue weighted by Gasteiger charge is -2.25. The van der Waals surface area contributed by atoms with E-state index < -0.39 is 5.97 Å². The quantitative estimate of drug-likeness (QED) is 0.402. The molecule has 9 heteroatoms. The fraction of sp³-hybridized carbons (Fsp3) is 0.375. The highest BCUT2D eigenvalue weighted by molar-refractivity contribution is 9.10. The minimum atomic E-state index is -0.441. The normalized spacial score (nSPS) is 16.9. The summed E-state index contributed by atoms with van der Waals surface area (Å²) in [4.78, 5) is 29.3. The maximum atomic E-state index is 11.8. The number of carbonyl (C=O) groups is 1. The van der Waals surface area contributed by atoms with Crippen LogP contribution in [-0.2, 0) is 4.74 Å². The third-order valence-electron chi connectivity index (χ3n) is 3.99. The molecule has 2 heterocycles. The molecule has 0 radical (unpaired) electrons. The van der Waals surface area contributed by atoms with Crippen molar-refractivity contribution in [3.8, 4) is 0 Å². The first-order valence-corrected chi connectivity index (χ1v) is 9.51. The Bertz CT molecular complexity index is 810. The summed E-state index contributed by atoms with van der Waals surface area (Å²) in [5.41, 5.74) is 0.922. The molecular formula is C16H16BrN3O4S. The van der Waals surface area contributed by atoms with Crippen LogP contribution in [0.3, 0.4) is 0 Å². The van der Waals surface area contributed by atoms with E-state index in [0.29, 0.717) is 29.0 Å². The van der Waals surface area contributed by atoms with Crippen molar-refractivity contribution in [1.82, 2.24) is 4.98 Å². The number of nitrogens with zero attached hydrogens (tertiary/aromatic N) is 3. The highest BCUT2D eigenvalue weighted by Crippen LogP contribution is 2.42. The molecule has 1 unspecified atom stereocenters. The molecule has 1 aromatic carbocycles. The van der Waals surface area contributed by atoms with E-state index in [9.17, 15) is 14.9 Å². The van der Waals surface area contributed by atoms with Gasteiger partial charge in [0.15, 0.2) is 5.69 Å². The number of benzene rings is 1. The Morgan fingerprint density at radius 3 is 3.08 bits per heavy atom. The van der Waals surface area contributed by atoms with Gasteiger partial charge in [0.2, 0.25) is 0 Å². The van der Waals surface area contributed by atoms with Gasteiger partial charge in [-0.15, -0.1) is 11.3 Å². The van der Waals surface area contributed by atoms with Gasteiger partial charge in [-0.25, -0.2) is 9.78 Å². The lowest BCUT2D eigenvalue weighted by Crippen LogP contribution is -2.23. The van der Waals surface area contributed by atoms with Gasteiger partial charge >= 0.3 is 5.97 Å². The third-order valence-corrected chi connectivity index (χ3v) is 5.43. The summed E-state index contributed by atoms with van der Waals surface area (Å²) in [5, 5.41) is 13.9. The average Bonchev–Trinajstić information content (AvgIpc) is 3.24. The molecule has 0 amide bonds. The number of hydrogen-bond acceptors (Lipinski definition) is 7. The zero-order chi connectivity index (χ0) is 18.0. The summed E-state index contributed by atoms with van der Waals surface area (Å²) in [6.45, 7) is 2.75. The molecular weight excluding hydrogens is 410 g/mol. The molecule has 7 nitrogen and oxygen atoms in total. The first-order valence-electron chi connectivity index (χ1n) is 7.84. The van der Waals surface area contributed by atoms with Crippen molar-refractivity contribution in [3.63, 3.8) is 0 Å². The smallest absolute Gasteiger partial charge is 0.357 e. The molecule has 1 fully saturated rings. The number of ether oxygens (including phenoxy) is 1. The Morgan fingerprint density at radius 2 is 2.36 bits per heavy atom. The van der Waals surface area contributed by atoms with Crippen LogP contribution in [0.4, 0.5) is 11.4 Å². The van der Waals surface area contributed by atoms with Gasteiger partial charge < -0.3 is 9.64 Å². The second-order valence-electron chi connectivity index (χ2n) is 5.53. The largest absolute Gasteiger partial charge is 0.461 e. The Hall–Kier alpha value is -2.00. The number of esters is 1. The van der Waals surface area contributed by atoms with Gasteiger partial charge in [0.05, 0.1) is 17.6 Å². The van der Waals surface area contributed by atoms with Gasteiger partial charge in [-0.2, -0.15) is 0 Å². The molecule has 0 spiro atoms. The number of hydrogen-bond donors (Lipinski definition) is 0. The summed E-state index contributed by atoms with van der Waals surface area (Å²) < 4.78 is 5.64. The van der Waals surface area contributed by atoms with E-state index >= 15 is 0 Å². The third kappa shape index (κ3) is 3.67. The van der Waals surface area contributed by atoms with Crippen molar-refractivity contribution in [2.75, 3.05) is 18.1 Å². The van der Waals surface area contributed by atoms with E-state index in [4.69, 9.17) is 4.74 Å². The van der Waals surface area contributed by atoms with E-state index in [2.05, 4.69) is 20.9 Å². The molecule has 132 valence electrons. The standard InChI is InChI=1S/C16H16BrN3O4S/c1-2-24-16(21)11-9-25-15(18-11)13-4-3-7-19(13)12-6-5-10(17)8-14(12)20(22)23/h5-6,8-9,13H,2-4,7H2,1H3. The summed E-state index contributed by atoms with van der Waals surface area (Å²) >= 11 is 4.67. The monoisotopic (exact) mass is 425 g/mol. The summed E-state index contributed by atoms with van der Waals surface area (Å²) in [6, 6.07) is 4.98. The molecule has 1 saturated heterocycles. The molecule has 1 aliphatic heterocycles. The highest BCUT2D eigenvalue weighted by atomic mass is 79.9. The van der Waals surface area contributed by atoms with E-state index in [1.54, 1.807) is 24.4 Å². The number of anilines is 1. The van der Waals surface area contributed by atoms with Crippen molar-refractivity contribution in [1.29, 1.82) is 0 Å². The number of nitro groups is 1. The fourth-order valence-corrected chi connectivity index (χ4v) is 4.22. The van der Waals surface area contributed by atoms with Gasteiger partial charge in [0.25, 0.3) is 5.69 Å². The van der Waals surface area contributed by atoms with Crippen molar-refractivity contribution in [2.45, 2.75) is 25.8 Å². The topological polar surface area (TPSA) is 85.6 Å². The predicted molar refractivity (Wildman–Crippen MR) is 98.2 cm³/mol. The van der Waals surface area contributed by atoms with Crippen LogP contribution >= 0.6 is 27.3 Å². The predicted octanol–water partition coefficient (Wildman–Crippen LogP) is 4.33. The van der Waals surface area contributed by atoms with Gasteiger partial charge in [0, 0.05) is 22.5 Å². The summed E-state index contributed by atoms with van der Waals surface area (Å²) in [7, 11) is 0. The molecule has 1 atom stereocenters. The molecule has 1 aliphatic rings. The van der Waals surface area contributed by atoms with Crippen molar-refractivity contribution in [2.24, 2.45) is 0 Å². The van der Waals surface area contributed by atoms with Crippen LogP contribution in [0.5, 0.6) is 0 Å². The molecule has 0 N–H and O–H groups in total. The van der Waals surface area contributed by atoms with Crippen LogP contribution in [0, 0.1) is 10.1 Å². The van der Waals surface area contributed by atoms with E-state index in [-0.39, 0.29) is 16.7 Å². The molecule has 0 aliphatic carbocycles. The lowest BCUT2D eigenvalue weighted by molar-refractivity contribution is -0.384.